The van der Waals surface area contributed by atoms with Gasteiger partial charge in [0.05, 0.1) is 0 Å². The predicted octanol–water partition coefficient (Wildman–Crippen LogP) is 7.33. The molecular weight excluding hydrogens is 344 g/mol. The number of phenolic OH excluding ortho intramolecular Hbond substituents is 2. The molecule has 0 spiro atoms. The minimum Gasteiger partial charge on any atom is -0.508 e. The Morgan fingerprint density at radius 3 is 1.46 bits per heavy atom. The lowest BCUT2D eigenvalue weighted by molar-refractivity contribution is 0.449. The largest absolute Gasteiger partial charge is 0.508 e. The van der Waals surface area contributed by atoms with Gasteiger partial charge in [0, 0.05) is 17.0 Å². The van der Waals surface area contributed by atoms with Crippen LogP contribution in [0.3, 0.4) is 0 Å². The third-order valence-corrected chi connectivity index (χ3v) is 5.90. The molecule has 0 bridgehead atoms. The van der Waals surface area contributed by atoms with Crippen LogP contribution in [0.1, 0.15) is 98.6 Å². The average Bonchev–Trinajstić information content (AvgIpc) is 2.67. The summed E-state index contributed by atoms with van der Waals surface area (Å²) in [4.78, 5) is 0. The number of hydrogen-bond acceptors (Lipinski definition) is 2. The summed E-state index contributed by atoms with van der Waals surface area (Å²) in [6.07, 6.45) is 8.49. The fourth-order valence-corrected chi connectivity index (χ4v) is 4.12. The molecule has 28 heavy (non-hydrogen) atoms. The van der Waals surface area contributed by atoms with Gasteiger partial charge < -0.3 is 10.2 Å². The first kappa shape index (κ1) is 22.3. The first-order chi connectivity index (χ1) is 13.4. The fraction of sp³-hybridized carbons (Fsp3) is 0.538. The molecule has 0 amide bonds. The van der Waals surface area contributed by atoms with E-state index in [9.17, 15) is 10.2 Å². The topological polar surface area (TPSA) is 40.5 Å². The van der Waals surface area contributed by atoms with Crippen molar-refractivity contribution in [2.24, 2.45) is 0 Å². The number of aryl methyl sites for hydroxylation is 4. The molecule has 0 fully saturated rings. The van der Waals surface area contributed by atoms with E-state index in [1.165, 1.54) is 22.3 Å². The molecule has 2 heteroatoms. The van der Waals surface area contributed by atoms with Gasteiger partial charge in [0.25, 0.3) is 0 Å². The van der Waals surface area contributed by atoms with E-state index >= 15 is 0 Å². The number of rotatable bonds is 10. The van der Waals surface area contributed by atoms with E-state index in [1.54, 1.807) is 0 Å². The first-order valence-electron chi connectivity index (χ1n) is 11.1. The molecule has 2 aromatic rings. The van der Waals surface area contributed by atoms with Gasteiger partial charge in [-0.05, 0) is 80.3 Å². The molecule has 0 heterocycles. The minimum absolute atomic E-state index is 0.0165. The van der Waals surface area contributed by atoms with Crippen molar-refractivity contribution in [3.63, 3.8) is 0 Å². The molecule has 0 aliphatic carbocycles. The summed E-state index contributed by atoms with van der Waals surface area (Å²) in [7, 11) is 0. The minimum atomic E-state index is 0.0165. The van der Waals surface area contributed by atoms with Gasteiger partial charge in [0.1, 0.15) is 11.5 Å². The van der Waals surface area contributed by atoms with Gasteiger partial charge in [0.2, 0.25) is 0 Å². The highest BCUT2D eigenvalue weighted by molar-refractivity contribution is 5.52. The van der Waals surface area contributed by atoms with Crippen molar-refractivity contribution in [3.05, 3.63) is 57.6 Å². The van der Waals surface area contributed by atoms with Crippen LogP contribution in [-0.4, -0.2) is 10.2 Å². The molecule has 0 saturated heterocycles. The number of benzene rings is 2. The maximum absolute atomic E-state index is 10.8. The third kappa shape index (κ3) is 5.31. The zero-order chi connectivity index (χ0) is 20.7. The second-order valence-electron chi connectivity index (χ2n) is 8.22. The normalized spacial score (nSPS) is 11.4. The van der Waals surface area contributed by atoms with Crippen molar-refractivity contribution in [1.82, 2.24) is 0 Å². The maximum Gasteiger partial charge on any atom is 0.119 e. The van der Waals surface area contributed by atoms with Crippen molar-refractivity contribution in [1.29, 1.82) is 0 Å². The summed E-state index contributed by atoms with van der Waals surface area (Å²) in [5, 5.41) is 21.6. The Labute approximate surface area is 171 Å². The third-order valence-electron chi connectivity index (χ3n) is 5.90. The van der Waals surface area contributed by atoms with Crippen LogP contribution in [0, 0.1) is 13.8 Å². The maximum atomic E-state index is 10.8. The number of unbranched alkanes of at least 4 members (excludes halogenated alkanes) is 2. The van der Waals surface area contributed by atoms with Crippen LogP contribution in [0.15, 0.2) is 24.3 Å². The van der Waals surface area contributed by atoms with Crippen molar-refractivity contribution in [2.75, 3.05) is 0 Å². The second kappa shape index (κ2) is 10.5. The quantitative estimate of drug-likeness (QED) is 0.451. The lowest BCUT2D eigenvalue weighted by atomic mass is 9.83. The molecule has 0 unspecified atom stereocenters. The zero-order valence-electron chi connectivity index (χ0n) is 18.4. The Kier molecular flexibility index (Phi) is 8.41. The molecule has 2 nitrogen and oxygen atoms in total. The number of hydrogen-bond donors (Lipinski definition) is 2. The van der Waals surface area contributed by atoms with Gasteiger partial charge in [-0.15, -0.1) is 0 Å². The smallest absolute Gasteiger partial charge is 0.119 e. The standard InChI is InChI=1S/C26H38O2/c1-6-9-12-20-16-25(27)23(14-18(20)4)22(11-8-3)24-15-19(5)21(13-10-7-2)17-26(24)28/h14-17,22,27-28H,6-13H2,1-5H3. The molecule has 0 atom stereocenters. The lowest BCUT2D eigenvalue weighted by Gasteiger charge is -2.23. The Hall–Kier alpha value is -1.96. The van der Waals surface area contributed by atoms with Crippen LogP contribution >= 0.6 is 0 Å². The highest BCUT2D eigenvalue weighted by atomic mass is 16.3. The molecule has 154 valence electrons. The highest BCUT2D eigenvalue weighted by Crippen LogP contribution is 2.41. The van der Waals surface area contributed by atoms with Crippen LogP contribution in [-0.2, 0) is 12.8 Å². The summed E-state index contributed by atoms with van der Waals surface area (Å²) < 4.78 is 0. The van der Waals surface area contributed by atoms with Crippen LogP contribution in [0.5, 0.6) is 11.5 Å². The molecule has 2 aromatic carbocycles. The molecule has 2 rings (SSSR count). The summed E-state index contributed by atoms with van der Waals surface area (Å²) in [5.41, 5.74) is 6.81. The highest BCUT2D eigenvalue weighted by Gasteiger charge is 2.22. The van der Waals surface area contributed by atoms with E-state index in [0.717, 1.165) is 62.5 Å². The Balaban J connectivity index is 2.46. The van der Waals surface area contributed by atoms with Gasteiger partial charge >= 0.3 is 0 Å². The molecule has 0 saturated carbocycles. The van der Waals surface area contributed by atoms with Crippen molar-refractivity contribution in [2.45, 2.75) is 91.9 Å². The predicted molar refractivity (Wildman–Crippen MR) is 120 cm³/mol. The molecule has 0 aliphatic heterocycles. The van der Waals surface area contributed by atoms with E-state index in [-0.39, 0.29) is 5.92 Å². The molecular formula is C26H38O2. The average molecular weight is 383 g/mol. The van der Waals surface area contributed by atoms with Gasteiger partial charge in [-0.3, -0.25) is 0 Å². The van der Waals surface area contributed by atoms with E-state index in [1.807, 2.05) is 12.1 Å². The summed E-state index contributed by atoms with van der Waals surface area (Å²) >= 11 is 0. The number of aromatic hydroxyl groups is 2. The Bertz CT molecular complexity index is 713. The monoisotopic (exact) mass is 382 g/mol. The molecule has 0 aliphatic rings. The van der Waals surface area contributed by atoms with Crippen LogP contribution in [0.4, 0.5) is 0 Å². The van der Waals surface area contributed by atoms with Crippen LogP contribution in [0.2, 0.25) is 0 Å². The zero-order valence-corrected chi connectivity index (χ0v) is 18.4. The van der Waals surface area contributed by atoms with Gasteiger partial charge in [-0.25, -0.2) is 0 Å². The molecule has 2 N–H and O–H groups in total. The van der Waals surface area contributed by atoms with E-state index in [4.69, 9.17) is 0 Å². The van der Waals surface area contributed by atoms with Gasteiger partial charge in [0.15, 0.2) is 0 Å². The Morgan fingerprint density at radius 1 is 0.679 bits per heavy atom. The summed E-state index contributed by atoms with van der Waals surface area (Å²) in [6.45, 7) is 10.8. The lowest BCUT2D eigenvalue weighted by Crippen LogP contribution is -2.05. The van der Waals surface area contributed by atoms with Gasteiger partial charge in [-0.2, -0.15) is 0 Å². The van der Waals surface area contributed by atoms with Crippen molar-refractivity contribution < 1.29 is 10.2 Å². The van der Waals surface area contributed by atoms with Gasteiger partial charge in [-0.1, -0.05) is 52.2 Å². The van der Waals surface area contributed by atoms with E-state index in [2.05, 4.69) is 46.8 Å². The van der Waals surface area contributed by atoms with Crippen LogP contribution < -0.4 is 0 Å². The van der Waals surface area contributed by atoms with Crippen molar-refractivity contribution in [3.8, 4) is 11.5 Å². The van der Waals surface area contributed by atoms with Crippen molar-refractivity contribution >= 4 is 0 Å². The van der Waals surface area contributed by atoms with Crippen LogP contribution in [0.25, 0.3) is 0 Å². The first-order valence-corrected chi connectivity index (χ1v) is 11.1. The summed E-state index contributed by atoms with van der Waals surface area (Å²) in [6, 6.07) is 8.17. The van der Waals surface area contributed by atoms with E-state index in [0.29, 0.717) is 11.5 Å². The summed E-state index contributed by atoms with van der Waals surface area (Å²) in [5.74, 6) is 0.743. The number of phenols is 2. The SMILES string of the molecule is CCCCc1cc(O)c(C(CCC)c2cc(C)c(CCCC)cc2O)cc1C. The van der Waals surface area contributed by atoms with E-state index < -0.39 is 0 Å². The Morgan fingerprint density at radius 2 is 1.11 bits per heavy atom. The fourth-order valence-electron chi connectivity index (χ4n) is 4.12. The molecule has 0 aromatic heterocycles. The molecule has 0 radical (unpaired) electrons. The second-order valence-corrected chi connectivity index (χ2v) is 8.22.